The monoisotopic (exact) mass is 1770 g/mol. The van der Waals surface area contributed by atoms with E-state index in [1.54, 1.807) is 36.4 Å². The van der Waals surface area contributed by atoms with Crippen LogP contribution in [0.25, 0.3) is 269 Å². The molecule has 31 heteroatoms. The van der Waals surface area contributed by atoms with Crippen LogP contribution in [0.1, 0.15) is 31.1 Å². The first-order valence-corrected chi connectivity index (χ1v) is 40.7. The average molecular weight is 1780 g/mol. The number of carbonyl (C=O) groups excluding carboxylic acids is 3. The first kappa shape index (κ1) is 75.5. The Bertz CT molecular complexity index is 8370. The van der Waals surface area contributed by atoms with Gasteiger partial charge in [0.15, 0.2) is 69.9 Å². The van der Waals surface area contributed by atoms with Gasteiger partial charge in [-0.1, -0.05) is 273 Å². The number of benzene rings is 12. The number of aromatic carboxylic acids is 3. The topological polar surface area (TPSA) is 447 Å². The molecule has 30 nitrogen and oxygen atoms in total. The second-order valence-electron chi connectivity index (χ2n) is 30.8. The van der Waals surface area contributed by atoms with Crippen molar-refractivity contribution in [2.75, 3.05) is 0 Å². The quantitative estimate of drug-likeness (QED) is 0.0895. The van der Waals surface area contributed by atoms with Gasteiger partial charge in [0.2, 0.25) is 0 Å². The van der Waals surface area contributed by atoms with Crippen LogP contribution in [0.5, 0.6) is 0 Å². The summed E-state index contributed by atoms with van der Waals surface area (Å²) in [4.78, 5) is 145. The number of nitrogens with zero attached hydrogens (tertiary/aromatic N) is 18. The zero-order valence-electron chi connectivity index (χ0n) is 66.8. The third-order valence-electron chi connectivity index (χ3n) is 23.4. The van der Waals surface area contributed by atoms with Gasteiger partial charge < -0.3 is 59.6 Å². The Morgan fingerprint density at radius 1 is 0.162 bits per heavy atom. The van der Waals surface area contributed by atoms with E-state index in [0.717, 1.165) is 99.1 Å². The molecular formula is C99H51N24O6Rh. The number of carboxylic acid groups (broad SMARTS) is 3. The summed E-state index contributed by atoms with van der Waals surface area (Å²) < 4.78 is 0. The number of hydrogen-bond acceptors (Lipinski definition) is 24. The van der Waals surface area contributed by atoms with E-state index in [2.05, 4.69) is 29.9 Å². The van der Waals surface area contributed by atoms with Crippen molar-refractivity contribution in [2.45, 2.75) is 0 Å². The molecule has 0 amide bonds. The number of aromatic nitrogens is 24. The predicted octanol–water partition coefficient (Wildman–Crippen LogP) is 15.7. The Kier molecular flexibility index (Phi) is 17.1. The maximum Gasteiger partial charge on any atom is 3.00 e. The van der Waals surface area contributed by atoms with E-state index in [4.69, 9.17) is 89.7 Å². The van der Waals surface area contributed by atoms with E-state index in [1.807, 2.05) is 218 Å². The second kappa shape index (κ2) is 29.5. The molecule has 0 aliphatic carbocycles. The van der Waals surface area contributed by atoms with E-state index >= 15 is 0 Å². The summed E-state index contributed by atoms with van der Waals surface area (Å²) in [6.45, 7) is 0. The van der Waals surface area contributed by atoms with Gasteiger partial charge in [-0.2, -0.15) is 0 Å². The van der Waals surface area contributed by atoms with Gasteiger partial charge in [0, 0.05) is 148 Å². The van der Waals surface area contributed by atoms with Crippen LogP contribution in [-0.4, -0.2) is 138 Å². The fourth-order valence-electron chi connectivity index (χ4n) is 17.6. The summed E-state index contributed by atoms with van der Waals surface area (Å²) in [5, 5.41) is 44.8. The van der Waals surface area contributed by atoms with Crippen LogP contribution in [0.2, 0.25) is 0 Å². The van der Waals surface area contributed by atoms with Crippen molar-refractivity contribution in [3.05, 3.63) is 290 Å². The van der Waals surface area contributed by atoms with Crippen LogP contribution < -0.4 is 15.3 Å². The zero-order valence-corrected chi connectivity index (χ0v) is 68.5. The van der Waals surface area contributed by atoms with Gasteiger partial charge >= 0.3 is 19.5 Å². The minimum Gasteiger partial charge on any atom is -0.545 e. The fraction of sp³-hybridized carbons (Fsp3) is 0. The van der Waals surface area contributed by atoms with Gasteiger partial charge in [0.25, 0.3) is 0 Å². The Morgan fingerprint density at radius 2 is 0.292 bits per heavy atom. The van der Waals surface area contributed by atoms with Crippen LogP contribution in [0.15, 0.2) is 273 Å². The predicted molar refractivity (Wildman–Crippen MR) is 481 cm³/mol. The maximum absolute atomic E-state index is 12.2. The van der Waals surface area contributed by atoms with Crippen molar-refractivity contribution in [1.82, 2.24) is 120 Å². The molecule has 21 aromatic rings. The number of hydrogen-bond donors (Lipinski definition) is 6. The van der Waals surface area contributed by atoms with Gasteiger partial charge in [0.05, 0.1) is 17.9 Å². The van der Waals surface area contributed by atoms with Gasteiger partial charge in [0.1, 0.15) is 67.8 Å². The van der Waals surface area contributed by atoms with Crippen molar-refractivity contribution in [3.8, 4) is 137 Å². The van der Waals surface area contributed by atoms with Crippen LogP contribution in [0.4, 0.5) is 0 Å². The third-order valence-corrected chi connectivity index (χ3v) is 23.4. The molecule has 0 saturated heterocycles. The van der Waals surface area contributed by atoms with E-state index in [0.29, 0.717) is 170 Å². The van der Waals surface area contributed by atoms with E-state index in [1.165, 1.54) is 18.2 Å². The van der Waals surface area contributed by atoms with E-state index < -0.39 is 17.9 Å². The van der Waals surface area contributed by atoms with E-state index in [9.17, 15) is 29.7 Å². The molecule has 0 atom stereocenters. The largest absolute Gasteiger partial charge is 3.00 e. The molecule has 6 aliphatic rings. The number of rotatable bonds is 3. The zero-order chi connectivity index (χ0) is 86.0. The molecule has 612 valence electrons. The molecule has 0 unspecified atom stereocenters. The Balaban J connectivity index is 0.000000108. The number of carbonyl (C=O) groups is 3. The Morgan fingerprint density at radius 3 is 0.454 bits per heavy atom. The molecule has 0 spiro atoms. The average Bonchev–Trinajstić information content (AvgIpc) is 1.60. The van der Waals surface area contributed by atoms with Crippen LogP contribution >= 0.6 is 0 Å². The molecule has 15 heterocycles. The van der Waals surface area contributed by atoms with Crippen molar-refractivity contribution in [1.29, 1.82) is 0 Å². The Hall–Kier alpha value is -18.2. The molecule has 6 N–H and O–H groups in total. The molecule has 12 aromatic carbocycles. The van der Waals surface area contributed by atoms with Gasteiger partial charge in [-0.15, -0.1) is 0 Å². The minimum absolute atomic E-state index is 0. The number of carboxylic acids is 3. The third kappa shape index (κ3) is 12.2. The molecule has 0 fully saturated rings. The summed E-state index contributed by atoms with van der Waals surface area (Å²) in [5.41, 5.74) is 15.3. The molecule has 130 heavy (non-hydrogen) atoms. The summed E-state index contributed by atoms with van der Waals surface area (Å²) in [6.07, 6.45) is 0. The Labute approximate surface area is 740 Å². The first-order chi connectivity index (χ1) is 63.4. The van der Waals surface area contributed by atoms with Crippen molar-refractivity contribution in [2.24, 2.45) is 0 Å². The summed E-state index contributed by atoms with van der Waals surface area (Å²) in [5.74, 6) is 1.45. The van der Waals surface area contributed by atoms with Gasteiger partial charge in [-0.25, -0.2) is 89.7 Å². The smallest absolute Gasteiger partial charge is 0.545 e. The first-order valence-electron chi connectivity index (χ1n) is 40.7. The molecule has 0 saturated carbocycles. The summed E-state index contributed by atoms with van der Waals surface area (Å²) in [6, 6.07) is 84.7. The molecule has 24 bridgehead atoms. The van der Waals surface area contributed by atoms with Crippen LogP contribution in [-0.2, 0) is 19.5 Å². The molecule has 9 aromatic heterocycles. The van der Waals surface area contributed by atoms with Crippen LogP contribution in [0, 0.1) is 0 Å². The summed E-state index contributed by atoms with van der Waals surface area (Å²) in [7, 11) is 0. The summed E-state index contributed by atoms with van der Waals surface area (Å²) >= 11 is 0. The second-order valence-corrected chi connectivity index (χ2v) is 30.8. The molecule has 0 radical (unpaired) electrons. The molecule has 6 aliphatic heterocycles. The standard InChI is InChI=1S/3C33H18N8O2.Rh/c3*42-33(43)23-15-7-14-22-24(23)32-40-30-21-13-6-5-12-20(21)28(38-30)36-26-17-9-2-1-8-16(17)25(34-26)35-27-18-10-3-4-11-19(18)29(37-27)39-31(22)41-32;/h3*1-15H,(H,42,43)(H2,34,35,36,37,38,39,40,41);/q;;;+3/p-3. The number of fused-ring (bicyclic) bond motifs is 60. The van der Waals surface area contributed by atoms with Gasteiger partial charge in [-0.3, -0.25) is 0 Å². The number of aromatic amines is 6. The molecule has 27 rings (SSSR count). The van der Waals surface area contributed by atoms with Crippen LogP contribution in [0.3, 0.4) is 0 Å². The van der Waals surface area contributed by atoms with Crippen molar-refractivity contribution in [3.63, 3.8) is 0 Å². The normalized spacial score (nSPS) is 11.8. The SMILES string of the molecule is O=C([O-])c1cccc2c3nc4nc(nc5[nH]c(nc6nc(nc([nH]3)c12)-c1ccccc1-6)c1ccccc51)-c1ccccc1-4.O=C([O-])c1cccc2c3nc4nc(nc5[nH]c(nc6nc(nc([nH]3)c12)-c1ccccc1-6)c1ccccc51)-c1ccccc1-4.O=C([O-])c1cccc2c3nc4nc(nc5[nH]c(nc6nc(nc([nH]3)c12)-c1ccccc1-6)c1ccccc51)-c1ccccc1-4.[Rh+3]. The van der Waals surface area contributed by atoms with Crippen molar-refractivity contribution < 1.29 is 49.2 Å². The van der Waals surface area contributed by atoms with Crippen molar-refractivity contribution >= 4 is 150 Å². The number of H-pyrrole nitrogens is 6. The minimum atomic E-state index is -1.32. The fourth-order valence-corrected chi connectivity index (χ4v) is 17.6. The van der Waals surface area contributed by atoms with Gasteiger partial charge in [-0.05, 0) is 0 Å². The number of nitrogens with one attached hydrogen (secondary N) is 6. The maximum atomic E-state index is 12.2. The van der Waals surface area contributed by atoms with E-state index in [-0.39, 0.29) is 36.2 Å². The molecular weight excluding hydrogens is 1720 g/mol.